The molecule has 0 radical (unpaired) electrons. The Bertz CT molecular complexity index is 1110. The van der Waals surface area contributed by atoms with E-state index < -0.39 is 0 Å². The molecule has 2 fully saturated rings. The highest BCUT2D eigenvalue weighted by atomic mass is 35.5. The number of dihydropyridines is 1. The molecule has 2 aromatic rings. The van der Waals surface area contributed by atoms with Crippen molar-refractivity contribution >= 4 is 40.4 Å². The van der Waals surface area contributed by atoms with Crippen LogP contribution in [0.1, 0.15) is 23.1 Å². The molecule has 6 nitrogen and oxygen atoms in total. The van der Waals surface area contributed by atoms with E-state index in [0.717, 1.165) is 66.6 Å². The zero-order chi connectivity index (χ0) is 22.3. The van der Waals surface area contributed by atoms with Crippen LogP contribution in [0.5, 0.6) is 0 Å². The van der Waals surface area contributed by atoms with Crippen LogP contribution < -0.4 is 21.3 Å². The number of pyridine rings is 1. The smallest absolute Gasteiger partial charge is 0.128 e. The van der Waals surface area contributed by atoms with Gasteiger partial charge in [-0.3, -0.25) is 5.41 Å². The third kappa shape index (κ3) is 3.98. The average molecular weight is 469 g/mol. The Morgan fingerprint density at radius 2 is 1.97 bits per heavy atom. The molecule has 0 atom stereocenters. The largest absolute Gasteiger partial charge is 0.398 e. The molecule has 0 saturated carbocycles. The summed E-state index contributed by atoms with van der Waals surface area (Å²) in [4.78, 5) is 6.91. The molecule has 5 N–H and O–H groups in total. The molecule has 0 amide bonds. The first-order chi connectivity index (χ1) is 15.4. The van der Waals surface area contributed by atoms with Crippen molar-refractivity contribution in [1.82, 2.24) is 15.6 Å². The summed E-state index contributed by atoms with van der Waals surface area (Å²) < 4.78 is 0. The van der Waals surface area contributed by atoms with Crippen molar-refractivity contribution in [3.05, 3.63) is 75.1 Å². The Morgan fingerprint density at radius 1 is 1.16 bits per heavy atom. The molecule has 5 rings (SSSR count). The van der Waals surface area contributed by atoms with E-state index in [2.05, 4.69) is 20.5 Å². The van der Waals surface area contributed by atoms with E-state index in [1.807, 2.05) is 30.3 Å². The van der Waals surface area contributed by atoms with Crippen LogP contribution in [0.4, 0.5) is 11.5 Å². The fraction of sp³-hybridized carbons (Fsp3) is 0.333. The monoisotopic (exact) mass is 468 g/mol. The van der Waals surface area contributed by atoms with Gasteiger partial charge in [-0.25, -0.2) is 4.98 Å². The molecule has 4 heterocycles. The zero-order valence-electron chi connectivity index (χ0n) is 17.7. The van der Waals surface area contributed by atoms with E-state index in [0.29, 0.717) is 34.0 Å². The molecule has 8 heteroatoms. The van der Waals surface area contributed by atoms with Crippen LogP contribution in [-0.4, -0.2) is 43.4 Å². The van der Waals surface area contributed by atoms with E-state index >= 15 is 0 Å². The molecule has 1 aromatic carbocycles. The molecule has 1 aromatic heterocycles. The van der Waals surface area contributed by atoms with Crippen molar-refractivity contribution in [3.8, 4) is 0 Å². The second-order valence-electron chi connectivity index (χ2n) is 8.92. The van der Waals surface area contributed by atoms with Crippen LogP contribution in [0.15, 0.2) is 58.4 Å². The molecule has 0 unspecified atom stereocenters. The summed E-state index contributed by atoms with van der Waals surface area (Å²) in [5.41, 5.74) is 11.2. The SMILES string of the molecule is N=C(c1ccc(N2CC3(CNC3)C2)nc1)c1cc(CCC2=C(Cl)CNC=C2Cl)ccc1N. The first kappa shape index (κ1) is 21.3. The molecular formula is C24H26Cl2N6. The predicted octanol–water partition coefficient (Wildman–Crippen LogP) is 3.60. The van der Waals surface area contributed by atoms with Crippen LogP contribution in [-0.2, 0) is 6.42 Å². The Morgan fingerprint density at radius 3 is 2.62 bits per heavy atom. The van der Waals surface area contributed by atoms with Crippen molar-refractivity contribution in [2.24, 2.45) is 5.41 Å². The second kappa shape index (κ2) is 8.43. The number of nitrogens with two attached hydrogens (primary N) is 1. The lowest BCUT2D eigenvalue weighted by atomic mass is 9.74. The molecule has 1 spiro atoms. The van der Waals surface area contributed by atoms with E-state index in [-0.39, 0.29) is 0 Å². The summed E-state index contributed by atoms with van der Waals surface area (Å²) in [6, 6.07) is 9.81. The van der Waals surface area contributed by atoms with E-state index in [1.54, 1.807) is 12.4 Å². The quantitative estimate of drug-likeness (QED) is 0.384. The van der Waals surface area contributed by atoms with Crippen LogP contribution in [0.3, 0.4) is 0 Å². The molecule has 0 aliphatic carbocycles. The topological polar surface area (TPSA) is 90.1 Å². The number of nitrogens with one attached hydrogen (secondary N) is 3. The van der Waals surface area contributed by atoms with Gasteiger partial charge in [0.05, 0.1) is 17.3 Å². The number of benzene rings is 1. The fourth-order valence-electron chi connectivity index (χ4n) is 4.56. The molecule has 2 saturated heterocycles. The van der Waals surface area contributed by atoms with Crippen molar-refractivity contribution < 1.29 is 0 Å². The normalized spacial score (nSPS) is 19.2. The minimum absolute atomic E-state index is 0.378. The van der Waals surface area contributed by atoms with Crippen molar-refractivity contribution in [3.63, 3.8) is 0 Å². The molecule has 0 bridgehead atoms. The van der Waals surface area contributed by atoms with Crippen LogP contribution in [0, 0.1) is 10.8 Å². The highest BCUT2D eigenvalue weighted by Gasteiger charge is 2.47. The van der Waals surface area contributed by atoms with Gasteiger partial charge in [0.25, 0.3) is 0 Å². The third-order valence-corrected chi connectivity index (χ3v) is 7.26. The van der Waals surface area contributed by atoms with Crippen LogP contribution in [0.2, 0.25) is 0 Å². The van der Waals surface area contributed by atoms with Gasteiger partial charge in [0.15, 0.2) is 0 Å². The van der Waals surface area contributed by atoms with Crippen molar-refractivity contribution in [2.75, 3.05) is 43.4 Å². The van der Waals surface area contributed by atoms with E-state index in [4.69, 9.17) is 34.3 Å². The number of rotatable bonds is 6. The number of nitrogens with zero attached hydrogens (tertiary/aromatic N) is 2. The standard InChI is InChI=1S/C24H26Cl2N6/c25-19-9-29-10-20(26)17(19)4-1-15-2-5-21(27)18(7-15)23(28)16-3-6-22(31-8-16)32-13-24(14-32)11-30-12-24/h2-3,5-9,28-30H,1,4,10-14,27H2. The molecular weight excluding hydrogens is 443 g/mol. The summed E-state index contributed by atoms with van der Waals surface area (Å²) in [5, 5.41) is 16.5. The van der Waals surface area contributed by atoms with Gasteiger partial charge in [0, 0.05) is 65.8 Å². The van der Waals surface area contributed by atoms with Gasteiger partial charge >= 0.3 is 0 Å². The Balaban J connectivity index is 1.28. The summed E-state index contributed by atoms with van der Waals surface area (Å²) in [6.45, 7) is 4.90. The van der Waals surface area contributed by atoms with E-state index in [1.165, 1.54) is 0 Å². The Hall–Kier alpha value is -2.54. The van der Waals surface area contributed by atoms with Crippen molar-refractivity contribution in [1.29, 1.82) is 5.41 Å². The zero-order valence-corrected chi connectivity index (χ0v) is 19.2. The number of hydrogen-bond acceptors (Lipinski definition) is 6. The molecule has 3 aliphatic heterocycles. The maximum atomic E-state index is 8.73. The highest BCUT2D eigenvalue weighted by Crippen LogP contribution is 2.36. The van der Waals surface area contributed by atoms with Crippen molar-refractivity contribution in [2.45, 2.75) is 12.8 Å². The van der Waals surface area contributed by atoms with Gasteiger partial charge < -0.3 is 21.3 Å². The minimum Gasteiger partial charge on any atom is -0.398 e. The number of hydrogen-bond donors (Lipinski definition) is 4. The Kier molecular flexibility index (Phi) is 5.61. The van der Waals surface area contributed by atoms with Crippen LogP contribution >= 0.6 is 23.2 Å². The summed E-state index contributed by atoms with van der Waals surface area (Å²) in [6.07, 6.45) is 5.05. The van der Waals surface area contributed by atoms with Crippen LogP contribution in [0.25, 0.3) is 0 Å². The number of aromatic nitrogens is 1. The van der Waals surface area contributed by atoms with Gasteiger partial charge in [0.2, 0.25) is 0 Å². The molecule has 3 aliphatic rings. The second-order valence-corrected chi connectivity index (χ2v) is 9.78. The van der Waals surface area contributed by atoms with Gasteiger partial charge in [-0.15, -0.1) is 0 Å². The Labute approximate surface area is 198 Å². The lowest BCUT2D eigenvalue weighted by Crippen LogP contribution is -2.71. The third-order valence-electron chi connectivity index (χ3n) is 6.57. The fourth-order valence-corrected chi connectivity index (χ4v) is 5.17. The maximum Gasteiger partial charge on any atom is 0.128 e. The maximum absolute atomic E-state index is 8.73. The average Bonchev–Trinajstić information content (AvgIpc) is 2.72. The van der Waals surface area contributed by atoms with Gasteiger partial charge in [0.1, 0.15) is 5.82 Å². The highest BCUT2D eigenvalue weighted by molar-refractivity contribution is 6.36. The number of allylic oxidation sites excluding steroid dienone is 2. The predicted molar refractivity (Wildman–Crippen MR) is 132 cm³/mol. The van der Waals surface area contributed by atoms with Gasteiger partial charge in [-0.1, -0.05) is 29.3 Å². The summed E-state index contributed by atoms with van der Waals surface area (Å²) >= 11 is 12.6. The first-order valence-electron chi connectivity index (χ1n) is 10.8. The lowest BCUT2D eigenvalue weighted by Gasteiger charge is -2.56. The summed E-state index contributed by atoms with van der Waals surface area (Å²) in [5.74, 6) is 0.970. The first-order valence-corrected chi connectivity index (χ1v) is 11.6. The van der Waals surface area contributed by atoms with Gasteiger partial charge in [-0.2, -0.15) is 0 Å². The minimum atomic E-state index is 0.378. The molecule has 166 valence electrons. The number of aryl methyl sites for hydroxylation is 1. The van der Waals surface area contributed by atoms with Gasteiger partial charge in [-0.05, 0) is 48.2 Å². The lowest BCUT2D eigenvalue weighted by molar-refractivity contribution is 0.120. The number of nitrogen functional groups attached to an aromatic ring is 1. The number of halogens is 2. The number of anilines is 2. The molecule has 32 heavy (non-hydrogen) atoms. The summed E-state index contributed by atoms with van der Waals surface area (Å²) in [7, 11) is 0. The van der Waals surface area contributed by atoms with E-state index in [9.17, 15) is 0 Å².